The number of benzene rings is 1. The Morgan fingerprint density at radius 3 is 3.00 bits per heavy atom. The van der Waals surface area contributed by atoms with Crippen molar-refractivity contribution in [3.63, 3.8) is 0 Å². The molecule has 1 heterocycles. The van der Waals surface area contributed by atoms with Crippen LogP contribution in [0.2, 0.25) is 5.02 Å². The zero-order chi connectivity index (χ0) is 9.42. The second kappa shape index (κ2) is 2.70. The van der Waals surface area contributed by atoms with Gasteiger partial charge in [0.25, 0.3) is 0 Å². The maximum Gasteiger partial charge on any atom is 0.350 e. The standard InChI is InChI=1S/C7H4ClN3O2/c8-5-3-1-2-4-6(5)9-10-7(4)11(12)13/h1-3H,(H,9,10). The monoisotopic (exact) mass is 197 g/mol. The first kappa shape index (κ1) is 8.00. The van der Waals surface area contributed by atoms with Crippen LogP contribution in [0.25, 0.3) is 10.9 Å². The van der Waals surface area contributed by atoms with Crippen LogP contribution in [0.1, 0.15) is 0 Å². The fraction of sp³-hybridized carbons (Fsp3) is 0. The molecule has 0 radical (unpaired) electrons. The normalized spacial score (nSPS) is 10.5. The number of aromatic amines is 1. The lowest BCUT2D eigenvalue weighted by molar-refractivity contribution is -0.387. The second-order valence-electron chi connectivity index (χ2n) is 2.47. The van der Waals surface area contributed by atoms with Gasteiger partial charge in [0.05, 0.1) is 5.02 Å². The van der Waals surface area contributed by atoms with Gasteiger partial charge < -0.3 is 10.1 Å². The number of halogens is 1. The molecule has 6 heteroatoms. The molecule has 0 bridgehead atoms. The topological polar surface area (TPSA) is 71.8 Å². The average Bonchev–Trinajstić information content (AvgIpc) is 2.48. The van der Waals surface area contributed by atoms with Crippen LogP contribution in [-0.4, -0.2) is 15.1 Å². The summed E-state index contributed by atoms with van der Waals surface area (Å²) in [5.74, 6) is -0.127. The van der Waals surface area contributed by atoms with E-state index in [1.807, 2.05) is 0 Å². The summed E-state index contributed by atoms with van der Waals surface area (Å²) in [4.78, 5) is 9.96. The Balaban J connectivity index is 2.83. The van der Waals surface area contributed by atoms with E-state index in [0.29, 0.717) is 15.9 Å². The zero-order valence-electron chi connectivity index (χ0n) is 6.32. The Morgan fingerprint density at radius 1 is 1.54 bits per heavy atom. The van der Waals surface area contributed by atoms with E-state index in [1.165, 1.54) is 0 Å². The smallest absolute Gasteiger partial charge is 0.350 e. The largest absolute Gasteiger partial charge is 0.358 e. The zero-order valence-corrected chi connectivity index (χ0v) is 7.08. The summed E-state index contributed by atoms with van der Waals surface area (Å²) in [6.45, 7) is 0. The van der Waals surface area contributed by atoms with Crippen LogP contribution in [0.4, 0.5) is 5.82 Å². The summed E-state index contributed by atoms with van der Waals surface area (Å²) in [7, 11) is 0. The third kappa shape index (κ3) is 1.13. The Morgan fingerprint density at radius 2 is 2.31 bits per heavy atom. The number of rotatable bonds is 1. The van der Waals surface area contributed by atoms with Crippen molar-refractivity contribution >= 4 is 28.3 Å². The SMILES string of the molecule is O=[N+]([O-])c1[nH]nc2c(Cl)cccc12. The van der Waals surface area contributed by atoms with Crippen LogP contribution in [0, 0.1) is 10.1 Å². The third-order valence-corrected chi connectivity index (χ3v) is 2.00. The lowest BCUT2D eigenvalue weighted by Gasteiger charge is -1.90. The number of para-hydroxylation sites is 1. The van der Waals surface area contributed by atoms with E-state index in [-0.39, 0.29) is 5.82 Å². The molecule has 0 fully saturated rings. The molecule has 0 amide bonds. The second-order valence-corrected chi connectivity index (χ2v) is 2.87. The number of hydrogen-bond donors (Lipinski definition) is 1. The molecule has 0 aliphatic rings. The number of nitrogens with zero attached hydrogens (tertiary/aromatic N) is 2. The highest BCUT2D eigenvalue weighted by Gasteiger charge is 2.15. The fourth-order valence-corrected chi connectivity index (χ4v) is 1.35. The van der Waals surface area contributed by atoms with Crippen molar-refractivity contribution < 1.29 is 4.92 Å². The Hall–Kier alpha value is -1.62. The third-order valence-electron chi connectivity index (χ3n) is 1.70. The molecule has 66 valence electrons. The first-order valence-corrected chi connectivity index (χ1v) is 3.85. The van der Waals surface area contributed by atoms with Gasteiger partial charge in [0.15, 0.2) is 0 Å². The molecule has 2 rings (SSSR count). The summed E-state index contributed by atoms with van der Waals surface area (Å²) in [6.07, 6.45) is 0. The van der Waals surface area contributed by atoms with Gasteiger partial charge in [-0.25, -0.2) is 0 Å². The lowest BCUT2D eigenvalue weighted by atomic mass is 10.2. The predicted octanol–water partition coefficient (Wildman–Crippen LogP) is 2.12. The summed E-state index contributed by atoms with van der Waals surface area (Å²) in [6, 6.07) is 4.88. The lowest BCUT2D eigenvalue weighted by Crippen LogP contribution is -1.87. The van der Waals surface area contributed by atoms with Gasteiger partial charge in [0, 0.05) is 0 Å². The van der Waals surface area contributed by atoms with Crippen molar-refractivity contribution in [1.82, 2.24) is 10.2 Å². The molecule has 0 aliphatic carbocycles. The van der Waals surface area contributed by atoms with Crippen molar-refractivity contribution in [2.75, 3.05) is 0 Å². The minimum absolute atomic E-state index is 0.127. The number of aromatic nitrogens is 2. The molecule has 0 saturated heterocycles. The van der Waals surface area contributed by atoms with E-state index in [2.05, 4.69) is 10.2 Å². The summed E-state index contributed by atoms with van der Waals surface area (Å²) in [5, 5.41) is 17.4. The summed E-state index contributed by atoms with van der Waals surface area (Å²) >= 11 is 5.77. The van der Waals surface area contributed by atoms with E-state index in [4.69, 9.17) is 11.6 Å². The first-order chi connectivity index (χ1) is 6.20. The summed E-state index contributed by atoms with van der Waals surface area (Å²) in [5.41, 5.74) is 0.427. The number of hydrogen-bond acceptors (Lipinski definition) is 3. The van der Waals surface area contributed by atoms with Gasteiger partial charge in [-0.3, -0.25) is 0 Å². The number of H-pyrrole nitrogens is 1. The van der Waals surface area contributed by atoms with E-state index < -0.39 is 4.92 Å². The van der Waals surface area contributed by atoms with Crippen LogP contribution in [0.5, 0.6) is 0 Å². The maximum absolute atomic E-state index is 10.5. The Bertz CT molecular complexity index is 480. The molecule has 1 aromatic carbocycles. The van der Waals surface area contributed by atoms with Crippen LogP contribution in [0.3, 0.4) is 0 Å². The molecule has 0 saturated carbocycles. The fourth-order valence-electron chi connectivity index (χ4n) is 1.13. The van der Waals surface area contributed by atoms with Gasteiger partial charge in [-0.15, -0.1) is 5.10 Å². The molecule has 13 heavy (non-hydrogen) atoms. The van der Waals surface area contributed by atoms with Crippen molar-refractivity contribution in [1.29, 1.82) is 0 Å². The minimum Gasteiger partial charge on any atom is -0.358 e. The van der Waals surface area contributed by atoms with E-state index in [1.54, 1.807) is 18.2 Å². The molecule has 0 spiro atoms. The van der Waals surface area contributed by atoms with Crippen molar-refractivity contribution in [2.45, 2.75) is 0 Å². The van der Waals surface area contributed by atoms with E-state index >= 15 is 0 Å². The number of nitro groups is 1. The van der Waals surface area contributed by atoms with Crippen LogP contribution < -0.4 is 0 Å². The number of nitrogens with one attached hydrogen (secondary N) is 1. The first-order valence-electron chi connectivity index (χ1n) is 3.47. The minimum atomic E-state index is -0.522. The Labute approximate surface area is 77.5 Å². The average molecular weight is 198 g/mol. The molecular formula is C7H4ClN3O2. The molecule has 5 nitrogen and oxygen atoms in total. The van der Waals surface area contributed by atoms with E-state index in [9.17, 15) is 10.1 Å². The molecule has 0 aliphatic heterocycles. The van der Waals surface area contributed by atoms with Crippen molar-refractivity contribution in [2.24, 2.45) is 0 Å². The molecule has 0 unspecified atom stereocenters. The number of fused-ring (bicyclic) bond motifs is 1. The van der Waals surface area contributed by atoms with Gasteiger partial charge >= 0.3 is 5.82 Å². The Kier molecular flexibility index (Phi) is 1.66. The van der Waals surface area contributed by atoms with Crippen LogP contribution >= 0.6 is 11.6 Å². The molecule has 1 aromatic heterocycles. The highest BCUT2D eigenvalue weighted by atomic mass is 35.5. The van der Waals surface area contributed by atoms with Crippen LogP contribution in [-0.2, 0) is 0 Å². The van der Waals surface area contributed by atoms with Crippen molar-refractivity contribution in [3.05, 3.63) is 33.3 Å². The van der Waals surface area contributed by atoms with Gasteiger partial charge in [-0.1, -0.05) is 22.8 Å². The van der Waals surface area contributed by atoms with Gasteiger partial charge in [-0.2, -0.15) is 0 Å². The summed E-state index contributed by atoms with van der Waals surface area (Å²) < 4.78 is 0. The van der Waals surface area contributed by atoms with Gasteiger partial charge in [0.2, 0.25) is 0 Å². The highest BCUT2D eigenvalue weighted by molar-refractivity contribution is 6.35. The van der Waals surface area contributed by atoms with E-state index in [0.717, 1.165) is 0 Å². The molecule has 1 N–H and O–H groups in total. The van der Waals surface area contributed by atoms with Gasteiger partial charge in [-0.05, 0) is 17.1 Å². The molecule has 2 aromatic rings. The highest BCUT2D eigenvalue weighted by Crippen LogP contribution is 2.27. The predicted molar refractivity (Wildman–Crippen MR) is 47.8 cm³/mol. The maximum atomic E-state index is 10.5. The van der Waals surface area contributed by atoms with Gasteiger partial charge in [0.1, 0.15) is 10.9 Å². The molecule has 0 atom stereocenters. The molecular weight excluding hydrogens is 194 g/mol. The quantitative estimate of drug-likeness (QED) is 0.562. The van der Waals surface area contributed by atoms with Crippen LogP contribution in [0.15, 0.2) is 18.2 Å². The van der Waals surface area contributed by atoms with Crippen molar-refractivity contribution in [3.8, 4) is 0 Å².